The van der Waals surface area contributed by atoms with Crippen LogP contribution in [0, 0.1) is 5.41 Å². The summed E-state index contributed by atoms with van der Waals surface area (Å²) in [6.07, 6.45) is -0.101. The van der Waals surface area contributed by atoms with Gasteiger partial charge in [-0.2, -0.15) is 0 Å². The van der Waals surface area contributed by atoms with E-state index in [1.54, 1.807) is 0 Å². The number of fused-ring (bicyclic) bond motifs is 1. The van der Waals surface area contributed by atoms with Gasteiger partial charge in [0, 0.05) is 19.4 Å². The second-order valence-corrected chi connectivity index (χ2v) is 9.44. The summed E-state index contributed by atoms with van der Waals surface area (Å²) in [5, 5.41) is 0. The predicted molar refractivity (Wildman–Crippen MR) is 86.8 cm³/mol. The number of hydrogen-bond acceptors (Lipinski definition) is 3. The highest BCUT2D eigenvalue weighted by Gasteiger charge is 2.43. The molecule has 0 saturated carbocycles. The Morgan fingerprint density at radius 1 is 1.19 bits per heavy atom. The van der Waals surface area contributed by atoms with Gasteiger partial charge in [0.2, 0.25) is 14.8 Å². The highest BCUT2D eigenvalue weighted by Crippen LogP contribution is 2.45. The van der Waals surface area contributed by atoms with Gasteiger partial charge in [0.15, 0.2) is 0 Å². The molecule has 0 aromatic heterocycles. The van der Waals surface area contributed by atoms with E-state index in [1.165, 1.54) is 0 Å². The largest absolute Gasteiger partial charge is 0.463 e. The minimum absolute atomic E-state index is 0.00529. The molecule has 0 bridgehead atoms. The summed E-state index contributed by atoms with van der Waals surface area (Å²) in [5.74, 6) is 0.262. The van der Waals surface area contributed by atoms with Gasteiger partial charge in [0.25, 0.3) is 0 Å². The fourth-order valence-electron chi connectivity index (χ4n) is 2.64. The lowest BCUT2D eigenvalue weighted by molar-refractivity contribution is -0.236. The fraction of sp³-hybridized carbons (Fsp3) is 0.647. The van der Waals surface area contributed by atoms with Crippen molar-refractivity contribution >= 4 is 9.04 Å². The molecule has 0 aliphatic carbocycles. The number of benzene rings is 1. The molecule has 0 spiro atoms. The Hall–Kier alpha value is -0.843. The third-order valence-electron chi connectivity index (χ3n) is 3.48. The van der Waals surface area contributed by atoms with Crippen LogP contribution in [0.5, 0.6) is 5.75 Å². The Kier molecular flexibility index (Phi) is 4.52. The smallest absolute Gasteiger partial charge is 0.205 e. The van der Waals surface area contributed by atoms with Gasteiger partial charge in [0.05, 0.1) is 6.10 Å². The first-order chi connectivity index (χ1) is 9.60. The Labute approximate surface area is 130 Å². The van der Waals surface area contributed by atoms with Crippen molar-refractivity contribution in [3.8, 4) is 5.75 Å². The number of hydrogen-bond donors (Lipinski definition) is 0. The molecular weight excluding hydrogens is 280 g/mol. The monoisotopic (exact) mass is 307 g/mol. The average Bonchev–Trinajstić information content (AvgIpc) is 2.32. The summed E-state index contributed by atoms with van der Waals surface area (Å²) in [4.78, 5) is 0. The summed E-state index contributed by atoms with van der Waals surface area (Å²) < 4.78 is 18.5. The maximum Gasteiger partial charge on any atom is 0.205 e. The Morgan fingerprint density at radius 3 is 2.38 bits per heavy atom. The third kappa shape index (κ3) is 3.87. The van der Waals surface area contributed by atoms with Crippen LogP contribution in [0.4, 0.5) is 0 Å². The molecule has 0 saturated heterocycles. The minimum Gasteiger partial charge on any atom is -0.463 e. The van der Waals surface area contributed by atoms with E-state index in [0.717, 1.165) is 11.3 Å². The zero-order valence-electron chi connectivity index (χ0n) is 14.2. The molecule has 2 rings (SSSR count). The molecule has 1 heterocycles. The molecule has 1 aliphatic heterocycles. The first kappa shape index (κ1) is 16.5. The molecule has 3 nitrogen and oxygen atoms in total. The molecule has 1 aromatic carbocycles. The highest BCUT2D eigenvalue weighted by molar-refractivity contribution is 6.48. The lowest BCUT2D eigenvalue weighted by Gasteiger charge is -2.45. The average molecular weight is 307 g/mol. The van der Waals surface area contributed by atoms with E-state index in [4.69, 9.17) is 13.9 Å². The summed E-state index contributed by atoms with van der Waals surface area (Å²) >= 11 is 0. The van der Waals surface area contributed by atoms with E-state index in [9.17, 15) is 0 Å². The molecule has 0 fully saturated rings. The molecule has 1 aliphatic rings. The van der Waals surface area contributed by atoms with Crippen molar-refractivity contribution in [2.24, 2.45) is 5.41 Å². The molecular formula is C17H27O3Si. The van der Waals surface area contributed by atoms with E-state index in [-0.39, 0.29) is 17.6 Å². The van der Waals surface area contributed by atoms with Crippen molar-refractivity contribution in [2.75, 3.05) is 0 Å². The molecule has 0 N–H and O–H groups in total. The van der Waals surface area contributed by atoms with Gasteiger partial charge < -0.3 is 13.9 Å². The zero-order valence-corrected chi connectivity index (χ0v) is 15.2. The van der Waals surface area contributed by atoms with Crippen LogP contribution in [-0.4, -0.2) is 20.9 Å². The molecule has 4 heteroatoms. The Bertz CT molecular complexity index is 491. The topological polar surface area (TPSA) is 27.7 Å². The second kappa shape index (κ2) is 5.74. The fourth-order valence-corrected chi connectivity index (χ4v) is 3.62. The van der Waals surface area contributed by atoms with Crippen molar-refractivity contribution in [3.63, 3.8) is 0 Å². The standard InChI is InChI=1S/C17H27O3Si/c1-16(2,3)15(20-21(6)7)14-12-10-8-9-11-13(12)18-17(4,5)19-14/h8-11,14-15H,1-7H3. The summed E-state index contributed by atoms with van der Waals surface area (Å²) in [6.45, 7) is 14.9. The second-order valence-electron chi connectivity index (χ2n) is 7.39. The van der Waals surface area contributed by atoms with Crippen LogP contribution in [-0.2, 0) is 9.16 Å². The van der Waals surface area contributed by atoms with Gasteiger partial charge in [-0.3, -0.25) is 0 Å². The van der Waals surface area contributed by atoms with Gasteiger partial charge in [-0.25, -0.2) is 0 Å². The molecule has 1 radical (unpaired) electrons. The van der Waals surface area contributed by atoms with Crippen molar-refractivity contribution < 1.29 is 13.9 Å². The van der Waals surface area contributed by atoms with Crippen LogP contribution in [0.3, 0.4) is 0 Å². The highest BCUT2D eigenvalue weighted by atomic mass is 28.3. The van der Waals surface area contributed by atoms with Crippen LogP contribution in [0.2, 0.25) is 13.1 Å². The Morgan fingerprint density at radius 2 is 1.81 bits per heavy atom. The van der Waals surface area contributed by atoms with Crippen molar-refractivity contribution in [2.45, 2.75) is 65.7 Å². The maximum atomic E-state index is 6.33. The van der Waals surface area contributed by atoms with Crippen LogP contribution < -0.4 is 4.74 Å². The van der Waals surface area contributed by atoms with E-state index in [2.05, 4.69) is 39.9 Å². The first-order valence-electron chi connectivity index (χ1n) is 7.53. The summed E-state index contributed by atoms with van der Waals surface area (Å²) in [6, 6.07) is 8.12. The zero-order chi connectivity index (χ0) is 15.8. The molecule has 0 amide bonds. The van der Waals surface area contributed by atoms with Crippen molar-refractivity contribution in [1.29, 1.82) is 0 Å². The first-order valence-corrected chi connectivity index (χ1v) is 9.93. The van der Waals surface area contributed by atoms with Crippen molar-refractivity contribution in [1.82, 2.24) is 0 Å². The van der Waals surface area contributed by atoms with Crippen LogP contribution >= 0.6 is 0 Å². The van der Waals surface area contributed by atoms with Crippen LogP contribution in [0.1, 0.15) is 46.3 Å². The van der Waals surface area contributed by atoms with Crippen molar-refractivity contribution in [3.05, 3.63) is 29.8 Å². The quantitative estimate of drug-likeness (QED) is 0.766. The summed E-state index contributed by atoms with van der Waals surface area (Å²) in [7, 11) is -0.824. The van der Waals surface area contributed by atoms with Gasteiger partial charge in [-0.05, 0) is 24.6 Å². The lowest BCUT2D eigenvalue weighted by atomic mass is 9.83. The van der Waals surface area contributed by atoms with E-state index < -0.39 is 14.8 Å². The maximum absolute atomic E-state index is 6.33. The van der Waals surface area contributed by atoms with Gasteiger partial charge in [-0.1, -0.05) is 39.0 Å². The normalized spacial score (nSPS) is 22.6. The number of rotatable bonds is 3. The van der Waals surface area contributed by atoms with Crippen LogP contribution in [0.15, 0.2) is 24.3 Å². The number of para-hydroxylation sites is 1. The SMILES string of the molecule is C[Si](C)OC(C1OC(C)(C)Oc2ccccc21)C(C)(C)C. The molecule has 1 aromatic rings. The third-order valence-corrected chi connectivity index (χ3v) is 4.21. The van der Waals surface area contributed by atoms with Crippen LogP contribution in [0.25, 0.3) is 0 Å². The lowest BCUT2D eigenvalue weighted by Crippen LogP contribution is -2.46. The van der Waals surface area contributed by atoms with Gasteiger partial charge in [-0.15, -0.1) is 0 Å². The molecule has 21 heavy (non-hydrogen) atoms. The Balaban J connectivity index is 2.44. The van der Waals surface area contributed by atoms with E-state index >= 15 is 0 Å². The summed E-state index contributed by atoms with van der Waals surface area (Å²) in [5.41, 5.74) is 1.08. The predicted octanol–water partition coefficient (Wildman–Crippen LogP) is 4.56. The van der Waals surface area contributed by atoms with Gasteiger partial charge in [0.1, 0.15) is 11.9 Å². The molecule has 2 unspecified atom stereocenters. The minimum atomic E-state index is -0.824. The van der Waals surface area contributed by atoms with Gasteiger partial charge >= 0.3 is 0 Å². The van der Waals surface area contributed by atoms with E-state index in [1.807, 2.05) is 32.0 Å². The number of ether oxygens (including phenoxy) is 2. The molecule has 117 valence electrons. The van der Waals surface area contributed by atoms with E-state index in [0.29, 0.717) is 0 Å². The molecule has 2 atom stereocenters.